The average Bonchev–Trinajstić information content (AvgIpc) is 2.76. The van der Waals surface area contributed by atoms with Gasteiger partial charge in [0.15, 0.2) is 0 Å². The Balaban J connectivity index is 1.88. The molecule has 0 aromatic heterocycles. The van der Waals surface area contributed by atoms with Crippen LogP contribution in [-0.2, 0) is 0 Å². The van der Waals surface area contributed by atoms with E-state index in [0.717, 1.165) is 5.56 Å². The first kappa shape index (κ1) is 10.7. The number of hydrazone groups is 1. The van der Waals surface area contributed by atoms with Crippen molar-refractivity contribution in [1.82, 2.24) is 9.91 Å². The van der Waals surface area contributed by atoms with Crippen LogP contribution in [0.2, 0.25) is 0 Å². The maximum atomic E-state index is 8.79. The van der Waals surface area contributed by atoms with E-state index in [1.165, 1.54) is 0 Å². The first-order valence-corrected chi connectivity index (χ1v) is 5.27. The minimum absolute atomic E-state index is 0.167. The summed E-state index contributed by atoms with van der Waals surface area (Å²) in [6, 6.07) is 9.97. The van der Waals surface area contributed by atoms with Gasteiger partial charge in [0.05, 0.1) is 12.8 Å². The zero-order chi connectivity index (χ0) is 11.2. The van der Waals surface area contributed by atoms with Crippen LogP contribution in [0.5, 0.6) is 0 Å². The molecule has 0 atom stereocenters. The molecule has 1 N–H and O–H groups in total. The molecule has 2 rings (SSSR count). The highest BCUT2D eigenvalue weighted by atomic mass is 16.3. The van der Waals surface area contributed by atoms with E-state index >= 15 is 0 Å². The summed E-state index contributed by atoms with van der Waals surface area (Å²) in [7, 11) is 0. The standard InChI is InChI=1S/C12H15N3O/c16-9-8-14-6-7-15(11-14)13-10-12-4-2-1-3-5-12/h1-7,10,16H,8-9,11H2. The second-order valence-corrected chi connectivity index (χ2v) is 3.57. The minimum Gasteiger partial charge on any atom is -0.395 e. The molecule has 0 fully saturated rings. The van der Waals surface area contributed by atoms with Crippen molar-refractivity contribution >= 4 is 6.21 Å². The Morgan fingerprint density at radius 2 is 2.06 bits per heavy atom. The van der Waals surface area contributed by atoms with Crippen LogP contribution >= 0.6 is 0 Å². The number of aliphatic hydroxyl groups excluding tert-OH is 1. The van der Waals surface area contributed by atoms with Crippen molar-refractivity contribution in [1.29, 1.82) is 0 Å². The monoisotopic (exact) mass is 217 g/mol. The van der Waals surface area contributed by atoms with Crippen LogP contribution < -0.4 is 0 Å². The summed E-state index contributed by atoms with van der Waals surface area (Å²) in [6.45, 7) is 1.51. The highest BCUT2D eigenvalue weighted by molar-refractivity contribution is 5.79. The van der Waals surface area contributed by atoms with Gasteiger partial charge in [-0.1, -0.05) is 30.3 Å². The molecule has 4 nitrogen and oxygen atoms in total. The van der Waals surface area contributed by atoms with Gasteiger partial charge in [-0.3, -0.25) is 5.01 Å². The summed E-state index contributed by atoms with van der Waals surface area (Å²) in [5.41, 5.74) is 1.08. The van der Waals surface area contributed by atoms with Crippen molar-refractivity contribution in [2.75, 3.05) is 19.8 Å². The maximum absolute atomic E-state index is 8.79. The Morgan fingerprint density at radius 1 is 1.25 bits per heavy atom. The fraction of sp³-hybridized carbons (Fsp3) is 0.250. The molecule has 1 aromatic rings. The van der Waals surface area contributed by atoms with E-state index in [1.54, 1.807) is 0 Å². The highest BCUT2D eigenvalue weighted by Crippen LogP contribution is 2.06. The van der Waals surface area contributed by atoms with Crippen LogP contribution in [0.4, 0.5) is 0 Å². The summed E-state index contributed by atoms with van der Waals surface area (Å²) in [5.74, 6) is 0. The highest BCUT2D eigenvalue weighted by Gasteiger charge is 2.09. The Morgan fingerprint density at radius 3 is 2.81 bits per heavy atom. The molecule has 0 spiro atoms. The van der Waals surface area contributed by atoms with Gasteiger partial charge in [0, 0.05) is 18.9 Å². The third-order valence-electron chi connectivity index (χ3n) is 2.32. The van der Waals surface area contributed by atoms with Crippen molar-refractivity contribution in [2.24, 2.45) is 5.10 Å². The van der Waals surface area contributed by atoms with E-state index in [1.807, 2.05) is 58.9 Å². The molecule has 84 valence electrons. The summed E-state index contributed by atoms with van der Waals surface area (Å²) in [5, 5.41) is 14.9. The normalized spacial score (nSPS) is 15.3. The number of nitrogens with zero attached hydrogens (tertiary/aromatic N) is 3. The second-order valence-electron chi connectivity index (χ2n) is 3.57. The number of β-amino-alcohol motifs (C(OH)–C–C–N with tert-alkyl or cyclic N) is 1. The minimum atomic E-state index is 0.167. The number of hydrogen-bond acceptors (Lipinski definition) is 4. The molecule has 1 aliphatic rings. The molecule has 0 amide bonds. The number of rotatable bonds is 4. The molecule has 0 saturated carbocycles. The summed E-state index contributed by atoms with van der Waals surface area (Å²) < 4.78 is 0. The third kappa shape index (κ3) is 2.84. The molecular formula is C12H15N3O. The second kappa shape index (κ2) is 5.32. The van der Waals surface area contributed by atoms with Crippen molar-refractivity contribution in [3.63, 3.8) is 0 Å². The lowest BCUT2D eigenvalue weighted by Gasteiger charge is -2.16. The summed E-state index contributed by atoms with van der Waals surface area (Å²) in [6.07, 6.45) is 5.65. The molecule has 0 aliphatic carbocycles. The van der Waals surface area contributed by atoms with Crippen molar-refractivity contribution in [2.45, 2.75) is 0 Å². The smallest absolute Gasteiger partial charge is 0.111 e. The van der Waals surface area contributed by atoms with Gasteiger partial charge in [-0.25, -0.2) is 0 Å². The summed E-state index contributed by atoms with van der Waals surface area (Å²) >= 11 is 0. The Labute approximate surface area is 95.1 Å². The zero-order valence-electron chi connectivity index (χ0n) is 9.03. The van der Waals surface area contributed by atoms with Crippen LogP contribution in [0.15, 0.2) is 47.8 Å². The summed E-state index contributed by atoms with van der Waals surface area (Å²) in [4.78, 5) is 2.00. The van der Waals surface area contributed by atoms with Crippen LogP contribution in [0.25, 0.3) is 0 Å². The van der Waals surface area contributed by atoms with Gasteiger partial charge >= 0.3 is 0 Å². The van der Waals surface area contributed by atoms with Gasteiger partial charge in [0.25, 0.3) is 0 Å². The number of hydrogen-bond donors (Lipinski definition) is 1. The molecule has 1 aliphatic heterocycles. The predicted octanol–water partition coefficient (Wildman–Crippen LogP) is 1.06. The molecule has 0 bridgehead atoms. The molecule has 1 aromatic carbocycles. The quantitative estimate of drug-likeness (QED) is 0.766. The third-order valence-corrected chi connectivity index (χ3v) is 2.32. The van der Waals surface area contributed by atoms with Gasteiger partial charge < -0.3 is 10.0 Å². The van der Waals surface area contributed by atoms with Crippen molar-refractivity contribution in [3.05, 3.63) is 48.3 Å². The topological polar surface area (TPSA) is 39.1 Å². The SMILES string of the molecule is OCCN1C=CN(N=Cc2ccccc2)C1. The Kier molecular flexibility index (Phi) is 3.56. The van der Waals surface area contributed by atoms with Crippen LogP contribution in [0, 0.1) is 0 Å². The lowest BCUT2D eigenvalue weighted by molar-refractivity contribution is 0.209. The van der Waals surface area contributed by atoms with Gasteiger partial charge in [-0.05, 0) is 5.56 Å². The van der Waals surface area contributed by atoms with Crippen LogP contribution in [0.1, 0.15) is 5.56 Å². The van der Waals surface area contributed by atoms with E-state index in [0.29, 0.717) is 13.2 Å². The number of aliphatic hydroxyl groups is 1. The fourth-order valence-corrected chi connectivity index (χ4v) is 1.48. The van der Waals surface area contributed by atoms with E-state index in [4.69, 9.17) is 5.11 Å². The van der Waals surface area contributed by atoms with E-state index in [-0.39, 0.29) is 6.61 Å². The van der Waals surface area contributed by atoms with Crippen molar-refractivity contribution < 1.29 is 5.11 Å². The largest absolute Gasteiger partial charge is 0.395 e. The van der Waals surface area contributed by atoms with Gasteiger partial charge in [-0.15, -0.1) is 0 Å². The zero-order valence-corrected chi connectivity index (χ0v) is 9.03. The van der Waals surface area contributed by atoms with Crippen LogP contribution in [-0.4, -0.2) is 41.1 Å². The van der Waals surface area contributed by atoms with Gasteiger partial charge in [0.1, 0.15) is 6.67 Å². The van der Waals surface area contributed by atoms with Crippen molar-refractivity contribution in [3.8, 4) is 0 Å². The molecule has 0 unspecified atom stereocenters. The average molecular weight is 217 g/mol. The predicted molar refractivity (Wildman–Crippen MR) is 63.7 cm³/mol. The molecule has 4 heteroatoms. The lowest BCUT2D eigenvalue weighted by Crippen LogP contribution is -2.24. The number of benzene rings is 1. The first-order chi connectivity index (χ1) is 7.88. The van der Waals surface area contributed by atoms with E-state index in [9.17, 15) is 0 Å². The molecule has 0 radical (unpaired) electrons. The van der Waals surface area contributed by atoms with E-state index in [2.05, 4.69) is 5.10 Å². The van der Waals surface area contributed by atoms with Crippen LogP contribution in [0.3, 0.4) is 0 Å². The maximum Gasteiger partial charge on any atom is 0.111 e. The Hall–Kier alpha value is -1.81. The molecular weight excluding hydrogens is 202 g/mol. The van der Waals surface area contributed by atoms with E-state index < -0.39 is 0 Å². The molecule has 1 heterocycles. The Bertz CT molecular complexity index is 375. The van der Waals surface area contributed by atoms with Gasteiger partial charge in [0.2, 0.25) is 0 Å². The molecule has 0 saturated heterocycles. The first-order valence-electron chi connectivity index (χ1n) is 5.27. The fourth-order valence-electron chi connectivity index (χ4n) is 1.48. The lowest BCUT2D eigenvalue weighted by atomic mass is 10.2. The molecule has 16 heavy (non-hydrogen) atoms. The van der Waals surface area contributed by atoms with Gasteiger partial charge in [-0.2, -0.15) is 5.10 Å².